The predicted octanol–water partition coefficient (Wildman–Crippen LogP) is 4.58. The lowest BCUT2D eigenvalue weighted by Gasteiger charge is -2.34. The van der Waals surface area contributed by atoms with Gasteiger partial charge >= 0.3 is 0 Å². The van der Waals surface area contributed by atoms with Crippen LogP contribution in [0.4, 0.5) is 0 Å². The highest BCUT2D eigenvalue weighted by atomic mass is 79.9. The minimum atomic E-state index is 0.229. The Labute approximate surface area is 111 Å². The first kappa shape index (κ1) is 12.6. The lowest BCUT2D eigenvalue weighted by Crippen LogP contribution is -2.29. The average Bonchev–Trinajstić information content (AvgIpc) is 2.62. The zero-order valence-corrected chi connectivity index (χ0v) is 12.4. The van der Waals surface area contributed by atoms with Crippen molar-refractivity contribution in [1.82, 2.24) is 0 Å². The normalized spacial score (nSPS) is 32.6. The van der Waals surface area contributed by atoms with E-state index in [4.69, 9.17) is 5.73 Å². The minimum absolute atomic E-state index is 0.229. The molecule has 2 N–H and O–H groups in total. The highest BCUT2D eigenvalue weighted by Crippen LogP contribution is 2.39. The third-order valence-corrected chi connectivity index (χ3v) is 5.22. The van der Waals surface area contributed by atoms with Gasteiger partial charge in [-0.25, -0.2) is 0 Å². The van der Waals surface area contributed by atoms with Crippen molar-refractivity contribution in [3.05, 3.63) is 20.8 Å². The Hall–Kier alpha value is 0.140. The maximum atomic E-state index is 6.39. The van der Waals surface area contributed by atoms with Gasteiger partial charge in [-0.05, 0) is 70.0 Å². The van der Waals surface area contributed by atoms with E-state index >= 15 is 0 Å². The molecular weight excluding hydrogens is 282 g/mol. The second-order valence-electron chi connectivity index (χ2n) is 5.39. The summed E-state index contributed by atoms with van der Waals surface area (Å²) in [5, 5.41) is 2.19. The molecule has 3 unspecified atom stereocenters. The van der Waals surface area contributed by atoms with Gasteiger partial charge in [0.2, 0.25) is 0 Å². The molecule has 1 aliphatic carbocycles. The van der Waals surface area contributed by atoms with Crippen molar-refractivity contribution in [2.24, 2.45) is 23.5 Å². The quantitative estimate of drug-likeness (QED) is 0.850. The Bertz CT molecular complexity index is 339. The molecule has 2 rings (SSSR count). The molecule has 0 amide bonds. The number of thiophene rings is 1. The van der Waals surface area contributed by atoms with Crippen LogP contribution < -0.4 is 5.73 Å². The number of hydrogen-bond acceptors (Lipinski definition) is 2. The van der Waals surface area contributed by atoms with Gasteiger partial charge in [-0.2, -0.15) is 0 Å². The standard InChI is InChI=1S/C13H20BrNS/c1-8-3-9(2)5-10(4-8)13(15)11-6-12(14)16-7-11/h6-10,13H,3-5,15H2,1-2H3. The van der Waals surface area contributed by atoms with Crippen molar-refractivity contribution in [2.45, 2.75) is 39.2 Å². The van der Waals surface area contributed by atoms with Crippen molar-refractivity contribution in [3.8, 4) is 0 Å². The molecule has 1 heterocycles. The predicted molar refractivity (Wildman–Crippen MR) is 74.6 cm³/mol. The van der Waals surface area contributed by atoms with Crippen LogP contribution in [0.15, 0.2) is 15.2 Å². The van der Waals surface area contributed by atoms with Gasteiger partial charge in [0.25, 0.3) is 0 Å². The van der Waals surface area contributed by atoms with E-state index in [1.165, 1.54) is 28.6 Å². The Balaban J connectivity index is 2.06. The van der Waals surface area contributed by atoms with E-state index in [2.05, 4.69) is 41.2 Å². The molecule has 1 nitrogen and oxygen atoms in total. The molecule has 1 aromatic rings. The summed E-state index contributed by atoms with van der Waals surface area (Å²) in [6.45, 7) is 4.72. The van der Waals surface area contributed by atoms with Crippen LogP contribution in [0.5, 0.6) is 0 Å². The first-order valence-electron chi connectivity index (χ1n) is 6.05. The monoisotopic (exact) mass is 301 g/mol. The van der Waals surface area contributed by atoms with Gasteiger partial charge in [0, 0.05) is 6.04 Å². The van der Waals surface area contributed by atoms with Crippen LogP contribution in [0.3, 0.4) is 0 Å². The first-order valence-corrected chi connectivity index (χ1v) is 7.73. The van der Waals surface area contributed by atoms with E-state index < -0.39 is 0 Å². The molecule has 3 atom stereocenters. The van der Waals surface area contributed by atoms with Crippen LogP contribution in [0, 0.1) is 17.8 Å². The number of nitrogens with two attached hydrogens (primary N) is 1. The van der Waals surface area contributed by atoms with Crippen molar-refractivity contribution in [3.63, 3.8) is 0 Å². The highest BCUT2D eigenvalue weighted by Gasteiger charge is 2.29. The maximum absolute atomic E-state index is 6.39. The molecule has 1 aliphatic rings. The SMILES string of the molecule is CC1CC(C)CC(C(N)c2csc(Br)c2)C1. The van der Waals surface area contributed by atoms with E-state index in [0.29, 0.717) is 5.92 Å². The van der Waals surface area contributed by atoms with Crippen LogP contribution in [-0.4, -0.2) is 0 Å². The van der Waals surface area contributed by atoms with Gasteiger partial charge < -0.3 is 5.73 Å². The fourth-order valence-electron chi connectivity index (χ4n) is 3.07. The van der Waals surface area contributed by atoms with Crippen LogP contribution in [0.25, 0.3) is 0 Å². The van der Waals surface area contributed by atoms with Gasteiger partial charge in [-0.15, -0.1) is 11.3 Å². The van der Waals surface area contributed by atoms with Crippen molar-refractivity contribution >= 4 is 27.3 Å². The molecule has 3 heteroatoms. The van der Waals surface area contributed by atoms with E-state index in [0.717, 1.165) is 11.8 Å². The molecule has 1 aromatic heterocycles. The van der Waals surface area contributed by atoms with E-state index in [-0.39, 0.29) is 6.04 Å². The zero-order valence-electron chi connectivity index (χ0n) is 9.95. The summed E-state index contributed by atoms with van der Waals surface area (Å²) in [4.78, 5) is 0. The second kappa shape index (κ2) is 5.19. The second-order valence-corrected chi connectivity index (χ2v) is 7.68. The smallest absolute Gasteiger partial charge is 0.0701 e. The van der Waals surface area contributed by atoms with Gasteiger partial charge in [0.05, 0.1) is 3.79 Å². The third kappa shape index (κ3) is 2.88. The van der Waals surface area contributed by atoms with E-state index in [9.17, 15) is 0 Å². The number of hydrogen-bond donors (Lipinski definition) is 1. The fraction of sp³-hybridized carbons (Fsp3) is 0.692. The summed E-state index contributed by atoms with van der Waals surface area (Å²) in [5.41, 5.74) is 7.70. The molecule has 1 fully saturated rings. The van der Waals surface area contributed by atoms with Gasteiger partial charge in [0.1, 0.15) is 0 Å². The Morgan fingerprint density at radius 1 is 1.31 bits per heavy atom. The molecule has 0 saturated heterocycles. The average molecular weight is 302 g/mol. The van der Waals surface area contributed by atoms with Gasteiger partial charge in [0.15, 0.2) is 0 Å². The van der Waals surface area contributed by atoms with Crippen LogP contribution in [-0.2, 0) is 0 Å². The zero-order chi connectivity index (χ0) is 11.7. The molecule has 1 saturated carbocycles. The van der Waals surface area contributed by atoms with E-state index in [1.54, 1.807) is 11.3 Å². The molecule has 0 aliphatic heterocycles. The molecule has 90 valence electrons. The van der Waals surface area contributed by atoms with Crippen molar-refractivity contribution in [2.75, 3.05) is 0 Å². The van der Waals surface area contributed by atoms with Crippen molar-refractivity contribution < 1.29 is 0 Å². The number of halogens is 1. The lowest BCUT2D eigenvalue weighted by molar-refractivity contribution is 0.193. The first-order chi connectivity index (χ1) is 7.56. The summed E-state index contributed by atoms with van der Waals surface area (Å²) < 4.78 is 1.19. The van der Waals surface area contributed by atoms with Gasteiger partial charge in [-0.3, -0.25) is 0 Å². The summed E-state index contributed by atoms with van der Waals surface area (Å²) in [6.07, 6.45) is 3.95. The fourth-order valence-corrected chi connectivity index (χ4v) is 4.30. The molecule has 16 heavy (non-hydrogen) atoms. The molecule has 0 bridgehead atoms. The van der Waals surface area contributed by atoms with Crippen molar-refractivity contribution in [1.29, 1.82) is 0 Å². The minimum Gasteiger partial charge on any atom is -0.324 e. The molecule has 0 aromatic carbocycles. The summed E-state index contributed by atoms with van der Waals surface area (Å²) in [6, 6.07) is 2.41. The number of rotatable bonds is 2. The third-order valence-electron chi connectivity index (χ3n) is 3.70. The Morgan fingerprint density at radius 2 is 1.94 bits per heavy atom. The highest BCUT2D eigenvalue weighted by molar-refractivity contribution is 9.11. The van der Waals surface area contributed by atoms with Crippen LogP contribution in [0.2, 0.25) is 0 Å². The Kier molecular flexibility index (Phi) is 4.09. The molecule has 0 spiro atoms. The maximum Gasteiger partial charge on any atom is 0.0701 e. The summed E-state index contributed by atoms with van der Waals surface area (Å²) >= 11 is 5.25. The topological polar surface area (TPSA) is 26.0 Å². The summed E-state index contributed by atoms with van der Waals surface area (Å²) in [5.74, 6) is 2.34. The molecule has 0 radical (unpaired) electrons. The largest absolute Gasteiger partial charge is 0.324 e. The van der Waals surface area contributed by atoms with E-state index in [1.807, 2.05) is 0 Å². The Morgan fingerprint density at radius 3 is 2.44 bits per heavy atom. The van der Waals surface area contributed by atoms with Crippen LogP contribution in [0.1, 0.15) is 44.7 Å². The lowest BCUT2D eigenvalue weighted by atomic mass is 9.73. The van der Waals surface area contributed by atoms with Crippen LogP contribution >= 0.6 is 27.3 Å². The molecular formula is C13H20BrNS. The van der Waals surface area contributed by atoms with Gasteiger partial charge in [-0.1, -0.05) is 13.8 Å². The summed E-state index contributed by atoms with van der Waals surface area (Å²) in [7, 11) is 0.